The summed E-state index contributed by atoms with van der Waals surface area (Å²) in [6.07, 6.45) is 0.788. The van der Waals surface area contributed by atoms with Crippen LogP contribution in [-0.4, -0.2) is 52.0 Å². The lowest BCUT2D eigenvalue weighted by molar-refractivity contribution is -0.0790. The molecular weight excluding hydrogens is 503 g/mol. The van der Waals surface area contributed by atoms with Gasteiger partial charge in [-0.25, -0.2) is 9.37 Å². The van der Waals surface area contributed by atoms with Crippen molar-refractivity contribution in [3.63, 3.8) is 0 Å². The Morgan fingerprint density at radius 3 is 2.50 bits per heavy atom. The maximum absolute atomic E-state index is 14.1. The van der Waals surface area contributed by atoms with E-state index in [1.165, 1.54) is 12.1 Å². The Labute approximate surface area is 227 Å². The predicted molar refractivity (Wildman–Crippen MR) is 148 cm³/mol. The van der Waals surface area contributed by atoms with Gasteiger partial charge in [-0.05, 0) is 67.3 Å². The van der Waals surface area contributed by atoms with Crippen molar-refractivity contribution in [2.24, 2.45) is 0 Å². The van der Waals surface area contributed by atoms with Gasteiger partial charge in [0.2, 0.25) is 5.88 Å². The first kappa shape index (κ1) is 26.6. The van der Waals surface area contributed by atoms with Gasteiger partial charge in [-0.1, -0.05) is 54.1 Å². The summed E-state index contributed by atoms with van der Waals surface area (Å²) in [4.78, 5) is 6.92. The second-order valence-corrected chi connectivity index (χ2v) is 10.6. The zero-order valence-electron chi connectivity index (χ0n) is 21.5. The molecule has 7 heteroatoms. The summed E-state index contributed by atoms with van der Waals surface area (Å²) in [5.74, 6) is -0.531. The van der Waals surface area contributed by atoms with Gasteiger partial charge in [0, 0.05) is 40.5 Å². The highest BCUT2D eigenvalue weighted by Crippen LogP contribution is 2.47. The number of ether oxygens (including phenoxy) is 1. The van der Waals surface area contributed by atoms with Crippen molar-refractivity contribution in [2.45, 2.75) is 43.4 Å². The average molecular weight is 535 g/mol. The lowest BCUT2D eigenvalue weighted by Crippen LogP contribution is -2.55. The zero-order chi connectivity index (χ0) is 26.9. The molecule has 198 valence electrons. The molecule has 0 saturated carbocycles. The summed E-state index contributed by atoms with van der Waals surface area (Å²) in [5, 5.41) is 24.1. The molecule has 0 radical (unpaired) electrons. The molecule has 4 aromatic rings. The van der Waals surface area contributed by atoms with Gasteiger partial charge in [0.1, 0.15) is 5.82 Å². The summed E-state index contributed by atoms with van der Waals surface area (Å²) >= 11 is 6.21. The van der Waals surface area contributed by atoms with Crippen LogP contribution in [0.4, 0.5) is 4.39 Å². The minimum absolute atomic E-state index is 0.0757. The molecule has 2 heterocycles. The van der Waals surface area contributed by atoms with E-state index in [0.29, 0.717) is 46.8 Å². The van der Waals surface area contributed by atoms with Gasteiger partial charge in [0.25, 0.3) is 0 Å². The first-order valence-electron chi connectivity index (χ1n) is 12.9. The van der Waals surface area contributed by atoms with Crippen molar-refractivity contribution >= 4 is 22.5 Å². The van der Waals surface area contributed by atoms with Crippen LogP contribution >= 0.6 is 11.6 Å². The van der Waals surface area contributed by atoms with E-state index < -0.39 is 11.5 Å². The number of halogens is 2. The predicted octanol–water partition coefficient (Wildman–Crippen LogP) is 6.12. The van der Waals surface area contributed by atoms with Crippen LogP contribution in [0.15, 0.2) is 78.9 Å². The van der Waals surface area contributed by atoms with Crippen LogP contribution in [0, 0.1) is 5.82 Å². The molecule has 2 N–H and O–H groups in total. The first-order valence-corrected chi connectivity index (χ1v) is 13.2. The minimum Gasteiger partial charge on any atom is -0.481 e. The first-order chi connectivity index (χ1) is 18.3. The summed E-state index contributed by atoms with van der Waals surface area (Å²) in [6.45, 7) is 2.62. The molecule has 38 heavy (non-hydrogen) atoms. The fourth-order valence-corrected chi connectivity index (χ4v) is 6.07. The third kappa shape index (κ3) is 5.14. The number of pyridine rings is 1. The number of aliphatic hydroxyl groups excluding tert-OH is 1. The number of aromatic nitrogens is 1. The molecule has 0 aliphatic carbocycles. The van der Waals surface area contributed by atoms with Crippen molar-refractivity contribution < 1.29 is 19.3 Å². The Morgan fingerprint density at radius 2 is 1.82 bits per heavy atom. The Kier molecular flexibility index (Phi) is 7.68. The third-order valence-electron chi connectivity index (χ3n) is 7.87. The van der Waals surface area contributed by atoms with E-state index >= 15 is 0 Å². The zero-order valence-corrected chi connectivity index (χ0v) is 22.3. The minimum atomic E-state index is -1.23. The number of fused-ring (bicyclic) bond motifs is 1. The number of nitrogens with zero attached hydrogens (tertiary/aromatic N) is 2. The van der Waals surface area contributed by atoms with Gasteiger partial charge in [-0.15, -0.1) is 0 Å². The fourth-order valence-electron chi connectivity index (χ4n) is 5.95. The van der Waals surface area contributed by atoms with E-state index in [4.69, 9.17) is 16.3 Å². The smallest absolute Gasteiger partial charge is 0.217 e. The summed E-state index contributed by atoms with van der Waals surface area (Å²) in [7, 11) is 1.55. The molecular formula is C31H32ClFN2O3. The second kappa shape index (κ2) is 11.0. The van der Waals surface area contributed by atoms with E-state index in [9.17, 15) is 14.6 Å². The van der Waals surface area contributed by atoms with Crippen LogP contribution in [0.25, 0.3) is 10.9 Å². The Bertz CT molecular complexity index is 1400. The standard InChI is InChI=1S/C31H32ClFN2O3/c1-20(21-6-4-3-5-7-21)35-15-14-31(37,18-26(35)19-36)29(22-8-10-24(32)11-9-22)27-17-23-16-25(33)12-13-28(23)34-30(27)38-2/h3-13,16-17,20,26,29,36-37H,14-15,18-19H2,1-2H3. The van der Waals surface area contributed by atoms with Gasteiger partial charge in [-0.3, -0.25) is 4.90 Å². The van der Waals surface area contributed by atoms with Gasteiger partial charge in [-0.2, -0.15) is 0 Å². The Hall–Kier alpha value is -3.03. The van der Waals surface area contributed by atoms with Crippen LogP contribution in [0.2, 0.25) is 5.02 Å². The number of methoxy groups -OCH3 is 1. The topological polar surface area (TPSA) is 65.8 Å². The van der Waals surface area contributed by atoms with Crippen molar-refractivity contribution in [3.8, 4) is 5.88 Å². The molecule has 0 amide bonds. The summed E-state index contributed by atoms with van der Waals surface area (Å²) in [6, 6.07) is 23.7. The Balaban J connectivity index is 1.59. The van der Waals surface area contributed by atoms with Crippen LogP contribution in [0.1, 0.15) is 48.4 Å². The maximum atomic E-state index is 14.1. The number of benzene rings is 3. The van der Waals surface area contributed by atoms with E-state index in [0.717, 1.165) is 11.1 Å². The molecule has 0 bridgehead atoms. The molecule has 5 nitrogen and oxygen atoms in total. The molecule has 1 saturated heterocycles. The van der Waals surface area contributed by atoms with Crippen LogP contribution in [0.3, 0.4) is 0 Å². The number of piperidine rings is 1. The van der Waals surface area contributed by atoms with E-state index in [1.807, 2.05) is 36.4 Å². The van der Waals surface area contributed by atoms with E-state index in [1.54, 1.807) is 25.3 Å². The van der Waals surface area contributed by atoms with Crippen LogP contribution in [0.5, 0.6) is 5.88 Å². The van der Waals surface area contributed by atoms with Crippen LogP contribution < -0.4 is 4.74 Å². The normalized spacial score (nSPS) is 21.8. The number of rotatable bonds is 7. The molecule has 3 aromatic carbocycles. The lowest BCUT2D eigenvalue weighted by Gasteiger charge is -2.49. The lowest BCUT2D eigenvalue weighted by atomic mass is 9.70. The van der Waals surface area contributed by atoms with Crippen LogP contribution in [-0.2, 0) is 0 Å². The van der Waals surface area contributed by atoms with Crippen molar-refractivity contribution in [3.05, 3.63) is 106 Å². The average Bonchev–Trinajstić information content (AvgIpc) is 2.93. The SMILES string of the molecule is COc1nc2ccc(F)cc2cc1C(c1ccc(Cl)cc1)C1(O)CCN(C(C)c2ccccc2)C(CO)C1. The van der Waals surface area contributed by atoms with Gasteiger partial charge in [0.15, 0.2) is 0 Å². The summed E-state index contributed by atoms with van der Waals surface area (Å²) in [5.41, 5.74) is 2.04. The molecule has 1 fully saturated rings. The number of hydrogen-bond donors (Lipinski definition) is 2. The third-order valence-corrected chi connectivity index (χ3v) is 8.12. The van der Waals surface area contributed by atoms with Gasteiger partial charge < -0.3 is 14.9 Å². The van der Waals surface area contributed by atoms with E-state index in [-0.39, 0.29) is 24.5 Å². The molecule has 4 atom stereocenters. The highest BCUT2D eigenvalue weighted by Gasteiger charge is 2.47. The highest BCUT2D eigenvalue weighted by molar-refractivity contribution is 6.30. The van der Waals surface area contributed by atoms with E-state index in [2.05, 4.69) is 28.9 Å². The van der Waals surface area contributed by atoms with Crippen molar-refractivity contribution in [2.75, 3.05) is 20.3 Å². The van der Waals surface area contributed by atoms with Crippen molar-refractivity contribution in [1.29, 1.82) is 0 Å². The molecule has 1 aliphatic rings. The molecule has 1 aliphatic heterocycles. The molecule has 5 rings (SSSR count). The van der Waals surface area contributed by atoms with Crippen molar-refractivity contribution in [1.82, 2.24) is 9.88 Å². The number of likely N-dealkylation sites (tertiary alicyclic amines) is 1. The maximum Gasteiger partial charge on any atom is 0.217 e. The summed E-state index contributed by atoms with van der Waals surface area (Å²) < 4.78 is 19.9. The fraction of sp³-hybridized carbons (Fsp3) is 0.323. The second-order valence-electron chi connectivity index (χ2n) is 10.1. The molecule has 4 unspecified atom stereocenters. The Morgan fingerprint density at radius 1 is 1.08 bits per heavy atom. The number of aliphatic hydroxyl groups is 2. The number of hydrogen-bond acceptors (Lipinski definition) is 5. The molecule has 1 aromatic heterocycles. The quantitative estimate of drug-likeness (QED) is 0.299. The largest absolute Gasteiger partial charge is 0.481 e. The highest BCUT2D eigenvalue weighted by atomic mass is 35.5. The van der Waals surface area contributed by atoms with Gasteiger partial charge >= 0.3 is 0 Å². The monoisotopic (exact) mass is 534 g/mol. The van der Waals surface area contributed by atoms with Gasteiger partial charge in [0.05, 0.1) is 24.8 Å². The molecule has 0 spiro atoms.